The van der Waals surface area contributed by atoms with E-state index < -0.39 is 9.84 Å². The summed E-state index contributed by atoms with van der Waals surface area (Å²) < 4.78 is 22.0. The zero-order chi connectivity index (χ0) is 10.8. The van der Waals surface area contributed by atoms with Crippen molar-refractivity contribution in [2.24, 2.45) is 0 Å². The van der Waals surface area contributed by atoms with Crippen molar-refractivity contribution in [3.05, 3.63) is 41.4 Å². The van der Waals surface area contributed by atoms with E-state index in [9.17, 15) is 8.42 Å². The van der Waals surface area contributed by atoms with Crippen LogP contribution in [0.25, 0.3) is 5.57 Å². The van der Waals surface area contributed by atoms with Crippen LogP contribution in [-0.4, -0.2) is 20.4 Å². The van der Waals surface area contributed by atoms with Gasteiger partial charge in [0.25, 0.3) is 0 Å². The van der Waals surface area contributed by atoms with E-state index in [0.29, 0.717) is 16.2 Å². The highest BCUT2D eigenvalue weighted by Gasteiger charge is 2.09. The standard InChI is InChI=1S/C10H11ClO2S/c1-8(7-14(2,12)13)9-5-3-4-6-10(9)11/h3-6H,1,7H2,2H3. The Labute approximate surface area is 89.1 Å². The normalized spacial score (nSPS) is 11.3. The molecule has 76 valence electrons. The predicted octanol–water partition coefficient (Wildman–Crippen LogP) is 2.40. The molecule has 2 nitrogen and oxygen atoms in total. The van der Waals surface area contributed by atoms with E-state index in [1.807, 2.05) is 0 Å². The first-order valence-corrected chi connectivity index (χ1v) is 6.44. The van der Waals surface area contributed by atoms with E-state index in [4.69, 9.17) is 11.6 Å². The van der Waals surface area contributed by atoms with Crippen LogP contribution in [0.15, 0.2) is 30.8 Å². The van der Waals surface area contributed by atoms with Gasteiger partial charge in [-0.15, -0.1) is 0 Å². The topological polar surface area (TPSA) is 34.1 Å². The van der Waals surface area contributed by atoms with Gasteiger partial charge in [-0.2, -0.15) is 0 Å². The van der Waals surface area contributed by atoms with Crippen molar-refractivity contribution in [2.75, 3.05) is 12.0 Å². The minimum Gasteiger partial charge on any atom is -0.229 e. The molecule has 1 rings (SSSR count). The van der Waals surface area contributed by atoms with Crippen LogP contribution in [0.1, 0.15) is 5.56 Å². The van der Waals surface area contributed by atoms with Crippen LogP contribution in [0.2, 0.25) is 5.02 Å². The lowest BCUT2D eigenvalue weighted by molar-refractivity contribution is 0.605. The number of rotatable bonds is 3. The molecule has 0 heterocycles. The lowest BCUT2D eigenvalue weighted by Crippen LogP contribution is -2.04. The van der Waals surface area contributed by atoms with Gasteiger partial charge in [-0.05, 0) is 17.2 Å². The second-order valence-electron chi connectivity index (χ2n) is 3.15. The molecule has 0 amide bonds. The highest BCUT2D eigenvalue weighted by atomic mass is 35.5. The van der Waals surface area contributed by atoms with Gasteiger partial charge in [-0.3, -0.25) is 0 Å². The Morgan fingerprint density at radius 1 is 1.43 bits per heavy atom. The minimum atomic E-state index is -3.05. The second-order valence-corrected chi connectivity index (χ2v) is 5.70. The average molecular weight is 231 g/mol. The number of sulfone groups is 1. The lowest BCUT2D eigenvalue weighted by Gasteiger charge is -2.06. The molecule has 0 fully saturated rings. The van der Waals surface area contributed by atoms with Gasteiger partial charge < -0.3 is 0 Å². The summed E-state index contributed by atoms with van der Waals surface area (Å²) >= 11 is 5.89. The van der Waals surface area contributed by atoms with Crippen molar-refractivity contribution < 1.29 is 8.42 Å². The zero-order valence-corrected chi connectivity index (χ0v) is 9.40. The molecule has 0 saturated carbocycles. The van der Waals surface area contributed by atoms with Gasteiger partial charge >= 0.3 is 0 Å². The van der Waals surface area contributed by atoms with Crippen LogP contribution in [0.5, 0.6) is 0 Å². The van der Waals surface area contributed by atoms with Crippen molar-refractivity contribution in [2.45, 2.75) is 0 Å². The fourth-order valence-corrected chi connectivity index (χ4v) is 2.20. The summed E-state index contributed by atoms with van der Waals surface area (Å²) in [5.41, 5.74) is 1.22. The number of hydrogen-bond donors (Lipinski definition) is 0. The molecule has 0 aliphatic carbocycles. The van der Waals surface area contributed by atoms with Crippen LogP contribution in [0.4, 0.5) is 0 Å². The van der Waals surface area contributed by atoms with E-state index >= 15 is 0 Å². The maximum Gasteiger partial charge on any atom is 0.151 e. The Kier molecular flexibility index (Phi) is 3.34. The van der Waals surface area contributed by atoms with Gasteiger partial charge in [0, 0.05) is 11.3 Å². The monoisotopic (exact) mass is 230 g/mol. The van der Waals surface area contributed by atoms with Crippen molar-refractivity contribution in [1.82, 2.24) is 0 Å². The first kappa shape index (κ1) is 11.3. The first-order chi connectivity index (χ1) is 6.40. The molecule has 0 spiro atoms. The Hall–Kier alpha value is -0.800. The van der Waals surface area contributed by atoms with Crippen molar-refractivity contribution in [3.8, 4) is 0 Å². The Morgan fingerprint density at radius 2 is 2.00 bits per heavy atom. The predicted molar refractivity (Wildman–Crippen MR) is 60.2 cm³/mol. The minimum absolute atomic E-state index is 0.0588. The van der Waals surface area contributed by atoms with Gasteiger partial charge in [0.2, 0.25) is 0 Å². The first-order valence-electron chi connectivity index (χ1n) is 4.00. The summed E-state index contributed by atoms with van der Waals surface area (Å²) in [7, 11) is -3.05. The molecule has 0 atom stereocenters. The molecule has 4 heteroatoms. The maximum absolute atomic E-state index is 11.0. The van der Waals surface area contributed by atoms with Crippen LogP contribution >= 0.6 is 11.6 Å². The molecular weight excluding hydrogens is 220 g/mol. The Balaban J connectivity index is 2.97. The smallest absolute Gasteiger partial charge is 0.151 e. The molecule has 0 saturated heterocycles. The van der Waals surface area contributed by atoms with E-state index in [1.165, 1.54) is 6.26 Å². The van der Waals surface area contributed by atoms with Crippen molar-refractivity contribution >= 4 is 27.0 Å². The zero-order valence-electron chi connectivity index (χ0n) is 7.83. The van der Waals surface area contributed by atoms with Gasteiger partial charge in [-0.25, -0.2) is 8.42 Å². The molecule has 0 unspecified atom stereocenters. The SMILES string of the molecule is C=C(CS(C)(=O)=O)c1ccccc1Cl. The number of hydrogen-bond acceptors (Lipinski definition) is 2. The molecule has 0 aliphatic heterocycles. The molecule has 0 aliphatic rings. The second kappa shape index (κ2) is 4.15. The van der Waals surface area contributed by atoms with E-state index in [2.05, 4.69) is 6.58 Å². The largest absolute Gasteiger partial charge is 0.229 e. The molecule has 0 radical (unpaired) electrons. The highest BCUT2D eigenvalue weighted by molar-refractivity contribution is 7.91. The summed E-state index contributed by atoms with van der Waals surface area (Å²) in [6.45, 7) is 3.71. The van der Waals surface area contributed by atoms with Crippen molar-refractivity contribution in [1.29, 1.82) is 0 Å². The number of halogens is 1. The molecule has 1 aromatic rings. The Bertz CT molecular complexity index is 449. The molecule has 0 N–H and O–H groups in total. The van der Waals surface area contributed by atoms with Crippen LogP contribution in [0.3, 0.4) is 0 Å². The molecular formula is C10H11ClO2S. The third-order valence-corrected chi connectivity index (χ3v) is 2.89. The molecule has 0 aromatic heterocycles. The average Bonchev–Trinajstić information content (AvgIpc) is 2.01. The highest BCUT2D eigenvalue weighted by Crippen LogP contribution is 2.22. The van der Waals surface area contributed by atoms with E-state index in [0.717, 1.165) is 0 Å². The van der Waals surface area contributed by atoms with E-state index in [-0.39, 0.29) is 5.75 Å². The fourth-order valence-electron chi connectivity index (χ4n) is 1.14. The number of benzene rings is 1. The van der Waals surface area contributed by atoms with Gasteiger partial charge in [0.1, 0.15) is 0 Å². The summed E-state index contributed by atoms with van der Waals surface area (Å²) in [6.07, 6.45) is 1.18. The summed E-state index contributed by atoms with van der Waals surface area (Å²) in [6, 6.07) is 7.06. The van der Waals surface area contributed by atoms with Gasteiger partial charge in [0.05, 0.1) is 5.75 Å². The summed E-state index contributed by atoms with van der Waals surface area (Å²) in [4.78, 5) is 0. The fraction of sp³-hybridized carbons (Fsp3) is 0.200. The van der Waals surface area contributed by atoms with E-state index in [1.54, 1.807) is 24.3 Å². The van der Waals surface area contributed by atoms with Crippen LogP contribution in [0, 0.1) is 0 Å². The van der Waals surface area contributed by atoms with Crippen molar-refractivity contribution in [3.63, 3.8) is 0 Å². The maximum atomic E-state index is 11.0. The van der Waals surface area contributed by atoms with Crippen LogP contribution in [-0.2, 0) is 9.84 Å². The lowest BCUT2D eigenvalue weighted by atomic mass is 10.1. The molecule has 14 heavy (non-hydrogen) atoms. The molecule has 0 bridgehead atoms. The van der Waals surface area contributed by atoms with Gasteiger partial charge in [0.15, 0.2) is 9.84 Å². The summed E-state index contributed by atoms with van der Waals surface area (Å²) in [5, 5.41) is 0.529. The van der Waals surface area contributed by atoms with Crippen LogP contribution < -0.4 is 0 Å². The summed E-state index contributed by atoms with van der Waals surface area (Å²) in [5.74, 6) is -0.0588. The Morgan fingerprint density at radius 3 is 2.50 bits per heavy atom. The quantitative estimate of drug-likeness (QED) is 0.799. The van der Waals surface area contributed by atoms with Gasteiger partial charge in [-0.1, -0.05) is 36.4 Å². The third kappa shape index (κ3) is 3.16. The third-order valence-electron chi connectivity index (χ3n) is 1.69. The molecule has 1 aromatic carbocycles.